The van der Waals surface area contributed by atoms with Crippen molar-refractivity contribution in [3.05, 3.63) is 62.8 Å². The van der Waals surface area contributed by atoms with Crippen LogP contribution in [0.3, 0.4) is 0 Å². The van der Waals surface area contributed by atoms with Crippen LogP contribution < -0.4 is 10.6 Å². The molecule has 2 saturated heterocycles. The van der Waals surface area contributed by atoms with E-state index in [1.807, 2.05) is 29.7 Å². The third kappa shape index (κ3) is 4.38. The van der Waals surface area contributed by atoms with Gasteiger partial charge in [0.05, 0.1) is 24.5 Å². The minimum atomic E-state index is -1.19. The van der Waals surface area contributed by atoms with Crippen LogP contribution in [-0.4, -0.2) is 46.4 Å². The van der Waals surface area contributed by atoms with Crippen LogP contribution in [0.25, 0.3) is 0 Å². The number of amides is 3. The van der Waals surface area contributed by atoms with Crippen LogP contribution in [0.1, 0.15) is 37.0 Å². The Morgan fingerprint density at radius 3 is 2.57 bits per heavy atom. The molecule has 5 atom stereocenters. The summed E-state index contributed by atoms with van der Waals surface area (Å²) in [5.41, 5.74) is -0.748. The van der Waals surface area contributed by atoms with Crippen LogP contribution in [-0.2, 0) is 25.7 Å². The number of rotatable bonds is 6. The van der Waals surface area contributed by atoms with Crippen LogP contribution in [0, 0.1) is 11.8 Å². The second-order valence-corrected chi connectivity index (χ2v) is 12.1. The van der Waals surface area contributed by atoms with Crippen molar-refractivity contribution in [3.8, 4) is 0 Å². The van der Waals surface area contributed by atoms with Gasteiger partial charge in [0.2, 0.25) is 17.7 Å². The lowest BCUT2D eigenvalue weighted by Crippen LogP contribution is -2.56. The Morgan fingerprint density at radius 2 is 1.86 bits per heavy atom. The minimum Gasteiger partial charge on any atom is -0.359 e. The first-order chi connectivity index (χ1) is 17.9. The number of fused-ring (bicyclic) bond motifs is 1. The summed E-state index contributed by atoms with van der Waals surface area (Å²) in [5, 5.41) is 8.79. The lowest BCUT2D eigenvalue weighted by Gasteiger charge is -2.34. The molecule has 7 nitrogen and oxygen atoms in total. The number of carbonyl (C=O) groups excluding carboxylic acids is 3. The molecule has 1 aromatic heterocycles. The monoisotopic (exact) mass is 559 g/mol. The number of thiophene rings is 1. The van der Waals surface area contributed by atoms with E-state index in [2.05, 4.69) is 10.6 Å². The van der Waals surface area contributed by atoms with E-state index in [0.717, 1.165) is 30.6 Å². The quantitative estimate of drug-likeness (QED) is 0.498. The van der Waals surface area contributed by atoms with Crippen LogP contribution in [0.2, 0.25) is 10.0 Å². The first-order valence-corrected chi connectivity index (χ1v) is 14.3. The molecular weight excluding hydrogens is 533 g/mol. The van der Waals surface area contributed by atoms with Crippen LogP contribution >= 0.6 is 34.5 Å². The highest BCUT2D eigenvalue weighted by atomic mass is 35.5. The smallest absolute Gasteiger partial charge is 0.246 e. The van der Waals surface area contributed by atoms with Gasteiger partial charge in [0.1, 0.15) is 11.6 Å². The van der Waals surface area contributed by atoms with Gasteiger partial charge in [-0.05, 0) is 42.5 Å². The van der Waals surface area contributed by atoms with Gasteiger partial charge in [-0.15, -0.1) is 11.3 Å². The molecule has 0 unspecified atom stereocenters. The minimum absolute atomic E-state index is 0.0876. The Morgan fingerprint density at radius 1 is 1.11 bits per heavy atom. The van der Waals surface area contributed by atoms with Crippen molar-refractivity contribution in [2.24, 2.45) is 11.8 Å². The summed E-state index contributed by atoms with van der Waals surface area (Å²) in [6, 6.07) is 7.89. The van der Waals surface area contributed by atoms with E-state index >= 15 is 0 Å². The van der Waals surface area contributed by atoms with Crippen molar-refractivity contribution in [2.75, 3.05) is 5.32 Å². The molecule has 37 heavy (non-hydrogen) atoms. The van der Waals surface area contributed by atoms with Gasteiger partial charge in [-0.3, -0.25) is 14.4 Å². The van der Waals surface area contributed by atoms with Gasteiger partial charge in [-0.1, -0.05) is 60.7 Å². The molecule has 3 amide bonds. The molecule has 1 saturated carbocycles. The molecule has 3 aliphatic heterocycles. The highest BCUT2D eigenvalue weighted by molar-refractivity contribution is 7.09. The third-order valence-electron chi connectivity index (χ3n) is 7.91. The summed E-state index contributed by atoms with van der Waals surface area (Å²) >= 11 is 13.8. The van der Waals surface area contributed by atoms with Crippen molar-refractivity contribution < 1.29 is 19.1 Å². The number of hydrogen-bond donors (Lipinski definition) is 2. The molecule has 6 rings (SSSR count). The van der Waals surface area contributed by atoms with Gasteiger partial charge in [0, 0.05) is 26.7 Å². The first kappa shape index (κ1) is 24.9. The molecule has 4 heterocycles. The van der Waals surface area contributed by atoms with E-state index in [0.29, 0.717) is 15.7 Å². The molecule has 1 aliphatic carbocycles. The number of benzene rings is 1. The van der Waals surface area contributed by atoms with Gasteiger partial charge in [-0.2, -0.15) is 0 Å². The molecule has 2 aromatic rings. The van der Waals surface area contributed by atoms with E-state index in [-0.39, 0.29) is 30.3 Å². The first-order valence-electron chi connectivity index (χ1n) is 12.6. The van der Waals surface area contributed by atoms with E-state index in [1.54, 1.807) is 23.1 Å². The molecule has 0 radical (unpaired) electrons. The fraction of sp³-hybridized carbons (Fsp3) is 0.444. The van der Waals surface area contributed by atoms with Crippen molar-refractivity contribution in [3.63, 3.8) is 0 Å². The second-order valence-electron chi connectivity index (χ2n) is 10.2. The Hall–Kier alpha value is -2.39. The zero-order chi connectivity index (χ0) is 25.7. The number of halogens is 2. The van der Waals surface area contributed by atoms with E-state index in [4.69, 9.17) is 27.9 Å². The lowest BCUT2D eigenvalue weighted by molar-refractivity contribution is -0.142. The zero-order valence-electron chi connectivity index (χ0n) is 20.0. The molecule has 1 aromatic carbocycles. The topological polar surface area (TPSA) is 87.7 Å². The molecule has 2 N–H and O–H groups in total. The van der Waals surface area contributed by atoms with Gasteiger partial charge in [-0.25, -0.2) is 0 Å². The Labute approximate surface area is 229 Å². The summed E-state index contributed by atoms with van der Waals surface area (Å²) in [5.74, 6) is -2.41. The second kappa shape index (κ2) is 9.73. The molecule has 3 fully saturated rings. The molecule has 4 aliphatic rings. The largest absolute Gasteiger partial charge is 0.359 e. The maximum atomic E-state index is 14.0. The summed E-state index contributed by atoms with van der Waals surface area (Å²) in [6.45, 7) is 0.289. The number of nitrogens with one attached hydrogen (secondary N) is 2. The van der Waals surface area contributed by atoms with E-state index < -0.39 is 29.6 Å². The predicted molar refractivity (Wildman–Crippen MR) is 142 cm³/mol. The van der Waals surface area contributed by atoms with Crippen LogP contribution in [0.4, 0.5) is 5.69 Å². The summed E-state index contributed by atoms with van der Waals surface area (Å²) in [4.78, 5) is 43.9. The lowest BCUT2D eigenvalue weighted by atomic mass is 9.74. The van der Waals surface area contributed by atoms with Gasteiger partial charge in [0.15, 0.2) is 0 Å². The number of hydrogen-bond acceptors (Lipinski definition) is 5. The SMILES string of the molecule is O=C(Nc1cc(Cl)cc(Cl)c1)[C@@H]1[C@@H]2C=C[C@]3(O2)[C@@H]1C(=O)N(Cc1cccs1)[C@@H]3C(=O)NC1CCCCC1. The fourth-order valence-corrected chi connectivity index (χ4v) is 7.62. The fourth-order valence-electron chi connectivity index (χ4n) is 6.39. The predicted octanol–water partition coefficient (Wildman–Crippen LogP) is 4.79. The average Bonchev–Trinajstić information content (AvgIpc) is 3.62. The van der Waals surface area contributed by atoms with Gasteiger partial charge < -0.3 is 20.3 Å². The summed E-state index contributed by atoms with van der Waals surface area (Å²) in [7, 11) is 0. The molecule has 2 bridgehead atoms. The summed E-state index contributed by atoms with van der Waals surface area (Å²) < 4.78 is 6.40. The Bertz CT molecular complexity index is 1240. The third-order valence-corrected chi connectivity index (χ3v) is 9.21. The van der Waals surface area contributed by atoms with Crippen molar-refractivity contribution in [1.29, 1.82) is 0 Å². The maximum Gasteiger partial charge on any atom is 0.246 e. The van der Waals surface area contributed by atoms with Gasteiger partial charge >= 0.3 is 0 Å². The van der Waals surface area contributed by atoms with Gasteiger partial charge in [0.25, 0.3) is 0 Å². The zero-order valence-corrected chi connectivity index (χ0v) is 22.3. The van der Waals surface area contributed by atoms with Crippen molar-refractivity contribution in [2.45, 2.75) is 62.4 Å². The number of carbonyl (C=O) groups is 3. The van der Waals surface area contributed by atoms with Crippen LogP contribution in [0.5, 0.6) is 0 Å². The van der Waals surface area contributed by atoms with Crippen molar-refractivity contribution in [1.82, 2.24) is 10.2 Å². The number of ether oxygens (including phenoxy) is 1. The molecular formula is C27H27Cl2N3O4S. The molecule has 194 valence electrons. The molecule has 10 heteroatoms. The maximum absolute atomic E-state index is 14.0. The Balaban J connectivity index is 1.32. The average molecular weight is 561 g/mol. The van der Waals surface area contributed by atoms with E-state index in [1.165, 1.54) is 17.8 Å². The van der Waals surface area contributed by atoms with Crippen LogP contribution in [0.15, 0.2) is 47.9 Å². The summed E-state index contributed by atoms with van der Waals surface area (Å²) in [6.07, 6.45) is 8.24. The normalized spacial score (nSPS) is 30.5. The van der Waals surface area contributed by atoms with Crippen molar-refractivity contribution >= 4 is 57.9 Å². The number of likely N-dealkylation sites (tertiary alicyclic amines) is 1. The highest BCUT2D eigenvalue weighted by Crippen LogP contribution is 2.55. The number of nitrogens with zero attached hydrogens (tertiary/aromatic N) is 1. The number of anilines is 1. The molecule has 1 spiro atoms. The Kier molecular flexibility index (Phi) is 6.55. The standard InChI is InChI=1S/C27H27Cl2N3O4S/c28-15-11-16(29)13-18(12-15)31-24(33)21-20-8-9-27(36-20)22(21)26(35)32(14-19-7-4-10-37-19)23(27)25(34)30-17-5-2-1-3-6-17/h4,7-13,17,20-23H,1-3,5-6,14H2,(H,30,34)(H,31,33)/t20-,21+,22-,23+,27-/m0/s1. The van der Waals surface area contributed by atoms with E-state index in [9.17, 15) is 14.4 Å². The highest BCUT2D eigenvalue weighted by Gasteiger charge is 2.72.